The van der Waals surface area contributed by atoms with Gasteiger partial charge in [0.2, 0.25) is 0 Å². The average Bonchev–Trinajstić information content (AvgIpc) is 2.78. The first-order chi connectivity index (χ1) is 14.3. The van der Waals surface area contributed by atoms with E-state index in [2.05, 4.69) is 4.90 Å². The van der Waals surface area contributed by atoms with Crippen molar-refractivity contribution in [2.45, 2.75) is 32.2 Å². The summed E-state index contributed by atoms with van der Waals surface area (Å²) in [6.45, 7) is 2.15. The summed E-state index contributed by atoms with van der Waals surface area (Å²) >= 11 is 0. The lowest BCUT2D eigenvalue weighted by Crippen LogP contribution is -2.32. The fraction of sp³-hybridized carbons (Fsp3) is 0.348. The molecular weight excluding hydrogens is 370 g/mol. The fourth-order valence-electron chi connectivity index (χ4n) is 4.61. The van der Waals surface area contributed by atoms with Crippen molar-refractivity contribution in [3.8, 4) is 17.2 Å². The molecule has 0 N–H and O–H groups in total. The van der Waals surface area contributed by atoms with Crippen LogP contribution in [0.5, 0.6) is 17.2 Å². The van der Waals surface area contributed by atoms with Crippen LogP contribution >= 0.6 is 0 Å². The number of anilines is 1. The molecule has 0 spiro atoms. The number of ether oxygens (including phenoxy) is 3. The van der Waals surface area contributed by atoms with Gasteiger partial charge in [-0.15, -0.1) is 0 Å². The summed E-state index contributed by atoms with van der Waals surface area (Å²) in [6.07, 6.45) is 3.91. The summed E-state index contributed by atoms with van der Waals surface area (Å²) in [7, 11) is 0. The zero-order valence-corrected chi connectivity index (χ0v) is 16.0. The molecule has 0 radical (unpaired) electrons. The predicted molar refractivity (Wildman–Crippen MR) is 108 cm³/mol. The first-order valence-electron chi connectivity index (χ1n) is 10.2. The molecule has 6 heteroatoms. The molecule has 0 unspecified atom stereocenters. The zero-order valence-electron chi connectivity index (χ0n) is 16.0. The van der Waals surface area contributed by atoms with Gasteiger partial charge in [0, 0.05) is 22.7 Å². The number of rotatable bonds is 1. The number of benzene rings is 2. The molecular formula is C23H21NO5. The maximum Gasteiger partial charge on any atom is 0.339 e. The molecule has 3 aromatic rings. The molecule has 1 aliphatic carbocycles. The summed E-state index contributed by atoms with van der Waals surface area (Å²) in [6, 6.07) is 9.96. The van der Waals surface area contributed by atoms with Gasteiger partial charge in [-0.25, -0.2) is 4.79 Å². The first-order valence-corrected chi connectivity index (χ1v) is 10.2. The normalized spacial score (nSPS) is 17.4. The summed E-state index contributed by atoms with van der Waals surface area (Å²) in [5.74, 6) is 2.30. The first kappa shape index (κ1) is 16.8. The highest BCUT2D eigenvalue weighted by molar-refractivity contribution is 5.87. The molecule has 0 bridgehead atoms. The molecule has 3 aliphatic rings. The van der Waals surface area contributed by atoms with Crippen LogP contribution in [0.4, 0.5) is 5.69 Å². The molecule has 1 aromatic heterocycles. The van der Waals surface area contributed by atoms with Crippen LogP contribution in [0.15, 0.2) is 39.5 Å². The molecule has 0 saturated heterocycles. The number of aryl methyl sites for hydroxylation is 1. The maximum absolute atomic E-state index is 12.6. The van der Waals surface area contributed by atoms with E-state index in [0.29, 0.717) is 32.1 Å². The Morgan fingerprint density at radius 1 is 0.793 bits per heavy atom. The van der Waals surface area contributed by atoms with Crippen LogP contribution in [0.3, 0.4) is 0 Å². The van der Waals surface area contributed by atoms with Gasteiger partial charge in [-0.3, -0.25) is 0 Å². The molecule has 0 fully saturated rings. The van der Waals surface area contributed by atoms with Crippen LogP contribution in [0.2, 0.25) is 0 Å². The van der Waals surface area contributed by atoms with E-state index in [-0.39, 0.29) is 5.63 Å². The Morgan fingerprint density at radius 2 is 1.59 bits per heavy atom. The van der Waals surface area contributed by atoms with Crippen molar-refractivity contribution in [3.05, 3.63) is 57.4 Å². The Labute approximate surface area is 167 Å². The van der Waals surface area contributed by atoms with E-state index in [1.807, 2.05) is 30.3 Å². The molecule has 0 saturated carbocycles. The molecule has 6 rings (SSSR count). The minimum atomic E-state index is -0.197. The van der Waals surface area contributed by atoms with Gasteiger partial charge in [0.15, 0.2) is 18.2 Å². The van der Waals surface area contributed by atoms with Gasteiger partial charge in [-0.05, 0) is 55.5 Å². The molecule has 0 atom stereocenters. The summed E-state index contributed by atoms with van der Waals surface area (Å²) in [5.41, 5.74) is 4.38. The minimum Gasteiger partial charge on any atom is -0.486 e. The minimum absolute atomic E-state index is 0.197. The lowest BCUT2D eigenvalue weighted by molar-refractivity contribution is 0.171. The summed E-state index contributed by atoms with van der Waals surface area (Å²) in [4.78, 5) is 14.7. The Kier molecular flexibility index (Phi) is 3.72. The molecule has 3 heterocycles. The molecule has 2 aromatic carbocycles. The average molecular weight is 391 g/mol. The standard InChI is InChI=1S/C23H21NO5/c25-23-17-4-2-1-3-15(17)16-6-8-19-18(22(16)29-23)12-24(13-28-19)14-5-7-20-21(11-14)27-10-9-26-20/h5-8,11H,1-4,9-10,12-13H2. The van der Waals surface area contributed by atoms with Gasteiger partial charge in [0.05, 0.1) is 12.1 Å². The largest absolute Gasteiger partial charge is 0.486 e. The maximum atomic E-state index is 12.6. The van der Waals surface area contributed by atoms with E-state index >= 15 is 0 Å². The monoisotopic (exact) mass is 391 g/mol. The summed E-state index contributed by atoms with van der Waals surface area (Å²) in [5, 5.41) is 1.05. The van der Waals surface area contributed by atoms with E-state index in [1.54, 1.807) is 0 Å². The van der Waals surface area contributed by atoms with Gasteiger partial charge in [0.1, 0.15) is 24.5 Å². The van der Waals surface area contributed by atoms with Crippen molar-refractivity contribution in [2.24, 2.45) is 0 Å². The third-order valence-electron chi connectivity index (χ3n) is 6.07. The Balaban J connectivity index is 1.43. The van der Waals surface area contributed by atoms with E-state index < -0.39 is 0 Å². The van der Waals surface area contributed by atoms with Crippen LogP contribution in [0, 0.1) is 0 Å². The van der Waals surface area contributed by atoms with Crippen molar-refractivity contribution in [2.75, 3.05) is 24.8 Å². The number of hydrogen-bond acceptors (Lipinski definition) is 6. The van der Waals surface area contributed by atoms with Gasteiger partial charge < -0.3 is 23.5 Å². The van der Waals surface area contributed by atoms with E-state index in [1.165, 1.54) is 0 Å². The second kappa shape index (κ2) is 6.44. The second-order valence-electron chi connectivity index (χ2n) is 7.77. The molecule has 2 aliphatic heterocycles. The van der Waals surface area contributed by atoms with Crippen molar-refractivity contribution >= 4 is 16.7 Å². The van der Waals surface area contributed by atoms with Gasteiger partial charge in [0.25, 0.3) is 0 Å². The van der Waals surface area contributed by atoms with E-state index in [4.69, 9.17) is 18.6 Å². The zero-order chi connectivity index (χ0) is 19.4. The van der Waals surface area contributed by atoms with Crippen LogP contribution in [0.25, 0.3) is 11.0 Å². The van der Waals surface area contributed by atoms with Crippen LogP contribution in [-0.4, -0.2) is 19.9 Å². The quantitative estimate of drug-likeness (QED) is 0.588. The van der Waals surface area contributed by atoms with Crippen LogP contribution in [-0.2, 0) is 19.4 Å². The van der Waals surface area contributed by atoms with Gasteiger partial charge in [-0.2, -0.15) is 0 Å². The SMILES string of the molecule is O=c1oc2c3c(ccc2c2c1CCCC2)OCN(c1ccc2c(c1)OCCO2)C3. The second-order valence-corrected chi connectivity index (χ2v) is 7.77. The third-order valence-corrected chi connectivity index (χ3v) is 6.07. The number of fused-ring (bicyclic) bond motifs is 6. The van der Waals surface area contributed by atoms with Crippen molar-refractivity contribution in [1.29, 1.82) is 0 Å². The van der Waals surface area contributed by atoms with Gasteiger partial charge >= 0.3 is 5.63 Å². The van der Waals surface area contributed by atoms with E-state index in [9.17, 15) is 4.79 Å². The van der Waals surface area contributed by atoms with Crippen molar-refractivity contribution in [1.82, 2.24) is 0 Å². The third kappa shape index (κ3) is 2.66. The highest BCUT2D eigenvalue weighted by atomic mass is 16.6. The smallest absolute Gasteiger partial charge is 0.339 e. The molecule has 29 heavy (non-hydrogen) atoms. The van der Waals surface area contributed by atoms with Crippen LogP contribution < -0.4 is 24.7 Å². The number of hydrogen-bond donors (Lipinski definition) is 0. The fourth-order valence-corrected chi connectivity index (χ4v) is 4.61. The number of nitrogens with zero attached hydrogens (tertiary/aromatic N) is 1. The molecule has 0 amide bonds. The summed E-state index contributed by atoms with van der Waals surface area (Å²) < 4.78 is 23.2. The Hall–Kier alpha value is -3.15. The van der Waals surface area contributed by atoms with Crippen molar-refractivity contribution < 1.29 is 18.6 Å². The predicted octanol–water partition coefficient (Wildman–Crippen LogP) is 3.80. The highest BCUT2D eigenvalue weighted by Crippen LogP contribution is 2.39. The lowest BCUT2D eigenvalue weighted by Gasteiger charge is -2.32. The van der Waals surface area contributed by atoms with E-state index in [0.717, 1.165) is 70.7 Å². The van der Waals surface area contributed by atoms with Gasteiger partial charge in [-0.1, -0.05) is 0 Å². The Bertz CT molecular complexity index is 1180. The van der Waals surface area contributed by atoms with Crippen LogP contribution in [0.1, 0.15) is 29.5 Å². The topological polar surface area (TPSA) is 61.1 Å². The lowest BCUT2D eigenvalue weighted by atomic mass is 9.90. The van der Waals surface area contributed by atoms with Crippen molar-refractivity contribution in [3.63, 3.8) is 0 Å². The molecule has 6 nitrogen and oxygen atoms in total. The highest BCUT2D eigenvalue weighted by Gasteiger charge is 2.26. The Morgan fingerprint density at radius 3 is 2.48 bits per heavy atom. The molecule has 148 valence electrons.